The van der Waals surface area contributed by atoms with Crippen molar-refractivity contribution in [1.29, 1.82) is 0 Å². The van der Waals surface area contributed by atoms with Gasteiger partial charge < -0.3 is 15.1 Å². The zero-order valence-corrected chi connectivity index (χ0v) is 14.3. The summed E-state index contributed by atoms with van der Waals surface area (Å²) < 4.78 is 0. The minimum atomic E-state index is -0.363. The molecular formula is C20H19N3O3. The maximum Gasteiger partial charge on any atom is 0.273 e. The summed E-state index contributed by atoms with van der Waals surface area (Å²) in [7, 11) is 0. The first-order chi connectivity index (χ1) is 12.6. The summed E-state index contributed by atoms with van der Waals surface area (Å²) in [4.78, 5) is 14.7. The van der Waals surface area contributed by atoms with E-state index < -0.39 is 0 Å². The molecule has 6 nitrogen and oxygen atoms in total. The van der Waals surface area contributed by atoms with Gasteiger partial charge in [0.05, 0.1) is 6.04 Å². The second kappa shape index (κ2) is 6.22. The van der Waals surface area contributed by atoms with Gasteiger partial charge in [-0.3, -0.25) is 9.89 Å². The summed E-state index contributed by atoms with van der Waals surface area (Å²) in [5, 5.41) is 27.3. The smallest absolute Gasteiger partial charge is 0.273 e. The number of rotatable bonds is 4. The van der Waals surface area contributed by atoms with Crippen LogP contribution in [0.2, 0.25) is 0 Å². The number of H-pyrrole nitrogens is 1. The summed E-state index contributed by atoms with van der Waals surface area (Å²) in [6.07, 6.45) is 0.810. The molecule has 1 aliphatic rings. The molecular weight excluding hydrogens is 330 g/mol. The van der Waals surface area contributed by atoms with Crippen LogP contribution in [0.5, 0.6) is 11.5 Å². The first kappa shape index (κ1) is 16.2. The third kappa shape index (κ3) is 2.42. The molecule has 4 rings (SSSR count). The van der Waals surface area contributed by atoms with Gasteiger partial charge in [0.25, 0.3) is 5.91 Å². The van der Waals surface area contributed by atoms with E-state index in [9.17, 15) is 15.0 Å². The SMILES string of the molecule is CCCN1C(=O)c2[nH]nc(-c3ccccc3O)c2[C@@H]1c1cccc(O)c1. The normalized spacial score (nSPS) is 16.1. The molecule has 1 aromatic heterocycles. The molecule has 6 heteroatoms. The molecule has 1 aliphatic heterocycles. The van der Waals surface area contributed by atoms with Crippen LogP contribution < -0.4 is 0 Å². The Morgan fingerprint density at radius 2 is 1.96 bits per heavy atom. The van der Waals surface area contributed by atoms with E-state index in [1.54, 1.807) is 41.3 Å². The number of phenolic OH excluding ortho intramolecular Hbond substituents is 2. The monoisotopic (exact) mass is 349 g/mol. The fraction of sp³-hybridized carbons (Fsp3) is 0.200. The van der Waals surface area contributed by atoms with Gasteiger partial charge in [0.1, 0.15) is 22.9 Å². The number of hydrogen-bond acceptors (Lipinski definition) is 4. The molecule has 1 atom stereocenters. The van der Waals surface area contributed by atoms with Crippen LogP contribution in [0.3, 0.4) is 0 Å². The topological polar surface area (TPSA) is 89.5 Å². The average molecular weight is 349 g/mol. The largest absolute Gasteiger partial charge is 0.508 e. The maximum absolute atomic E-state index is 12.9. The van der Waals surface area contributed by atoms with E-state index in [0.29, 0.717) is 23.5 Å². The van der Waals surface area contributed by atoms with Gasteiger partial charge in [0.2, 0.25) is 0 Å². The minimum absolute atomic E-state index is 0.109. The Hall–Kier alpha value is -3.28. The lowest BCUT2D eigenvalue weighted by atomic mass is 9.95. The molecule has 2 aromatic carbocycles. The molecule has 0 saturated carbocycles. The predicted molar refractivity (Wildman–Crippen MR) is 97.0 cm³/mol. The Labute approximate surface area is 150 Å². The molecule has 0 bridgehead atoms. The van der Waals surface area contributed by atoms with E-state index in [-0.39, 0.29) is 23.4 Å². The first-order valence-electron chi connectivity index (χ1n) is 8.58. The van der Waals surface area contributed by atoms with Crippen molar-refractivity contribution >= 4 is 5.91 Å². The van der Waals surface area contributed by atoms with E-state index in [0.717, 1.165) is 17.5 Å². The van der Waals surface area contributed by atoms with Gasteiger partial charge in [0.15, 0.2) is 0 Å². The highest BCUT2D eigenvalue weighted by molar-refractivity contribution is 6.00. The molecule has 0 saturated heterocycles. The highest BCUT2D eigenvalue weighted by Crippen LogP contribution is 2.44. The highest BCUT2D eigenvalue weighted by atomic mass is 16.3. The van der Waals surface area contributed by atoms with Gasteiger partial charge >= 0.3 is 0 Å². The Morgan fingerprint density at radius 3 is 2.69 bits per heavy atom. The van der Waals surface area contributed by atoms with Crippen LogP contribution in [0.25, 0.3) is 11.3 Å². The van der Waals surface area contributed by atoms with Gasteiger partial charge in [-0.2, -0.15) is 5.10 Å². The first-order valence-corrected chi connectivity index (χ1v) is 8.58. The second-order valence-corrected chi connectivity index (χ2v) is 6.37. The van der Waals surface area contributed by atoms with Crippen LogP contribution in [0.4, 0.5) is 0 Å². The number of aromatic nitrogens is 2. The summed E-state index contributed by atoms with van der Waals surface area (Å²) >= 11 is 0. The highest BCUT2D eigenvalue weighted by Gasteiger charge is 2.42. The standard InChI is InChI=1S/C20H19N3O3/c1-2-10-23-19(12-6-5-7-13(24)11-12)16-17(21-22-18(16)20(23)26)14-8-3-4-9-15(14)25/h3-9,11,19,24-25H,2,10H2,1H3,(H,21,22)/t19-/m0/s1. The number of phenols is 2. The van der Waals surface area contributed by atoms with Crippen molar-refractivity contribution in [3.8, 4) is 22.8 Å². The lowest BCUT2D eigenvalue weighted by Crippen LogP contribution is -2.30. The van der Waals surface area contributed by atoms with Crippen LogP contribution in [0.1, 0.15) is 41.0 Å². The number of amides is 1. The number of aromatic hydroxyl groups is 2. The number of benzene rings is 2. The van der Waals surface area contributed by atoms with Gasteiger partial charge in [0, 0.05) is 17.7 Å². The van der Waals surface area contributed by atoms with Crippen LogP contribution in [0, 0.1) is 0 Å². The Kier molecular flexibility index (Phi) is 3.88. The number of fused-ring (bicyclic) bond motifs is 1. The van der Waals surface area contributed by atoms with Crippen molar-refractivity contribution < 1.29 is 15.0 Å². The van der Waals surface area contributed by atoms with Crippen LogP contribution in [-0.4, -0.2) is 37.8 Å². The number of para-hydroxylation sites is 1. The number of nitrogens with one attached hydrogen (secondary N) is 1. The number of nitrogens with zero attached hydrogens (tertiary/aromatic N) is 2. The molecule has 2 heterocycles. The molecule has 132 valence electrons. The zero-order chi connectivity index (χ0) is 18.3. The quantitative estimate of drug-likeness (QED) is 0.673. The predicted octanol–water partition coefficient (Wildman–Crippen LogP) is 3.44. The molecule has 26 heavy (non-hydrogen) atoms. The lowest BCUT2D eigenvalue weighted by molar-refractivity contribution is 0.0743. The van der Waals surface area contributed by atoms with Gasteiger partial charge in [-0.15, -0.1) is 0 Å². The molecule has 3 aromatic rings. The van der Waals surface area contributed by atoms with Crippen LogP contribution >= 0.6 is 0 Å². The Morgan fingerprint density at radius 1 is 1.15 bits per heavy atom. The molecule has 0 unspecified atom stereocenters. The number of hydrogen-bond donors (Lipinski definition) is 3. The van der Waals surface area contributed by atoms with Gasteiger partial charge in [-0.25, -0.2) is 0 Å². The number of carbonyl (C=O) groups is 1. The van der Waals surface area contributed by atoms with Crippen molar-refractivity contribution in [3.05, 3.63) is 65.4 Å². The minimum Gasteiger partial charge on any atom is -0.508 e. The van der Waals surface area contributed by atoms with Gasteiger partial charge in [-0.05, 0) is 36.2 Å². The maximum atomic E-state index is 12.9. The van der Waals surface area contributed by atoms with Crippen LogP contribution in [0.15, 0.2) is 48.5 Å². The summed E-state index contributed by atoms with van der Waals surface area (Å²) in [6, 6.07) is 13.5. The van der Waals surface area contributed by atoms with Crippen molar-refractivity contribution in [2.75, 3.05) is 6.54 Å². The third-order valence-electron chi connectivity index (χ3n) is 4.67. The van der Waals surface area contributed by atoms with Crippen molar-refractivity contribution in [1.82, 2.24) is 15.1 Å². The molecule has 0 spiro atoms. The molecule has 0 aliphatic carbocycles. The Balaban J connectivity index is 1.93. The third-order valence-corrected chi connectivity index (χ3v) is 4.67. The van der Waals surface area contributed by atoms with Gasteiger partial charge in [-0.1, -0.05) is 31.2 Å². The Bertz CT molecular complexity index is 980. The summed E-state index contributed by atoms with van der Waals surface area (Å²) in [5.74, 6) is 0.134. The van der Waals surface area contributed by atoms with E-state index in [1.807, 2.05) is 19.1 Å². The van der Waals surface area contributed by atoms with E-state index in [1.165, 1.54) is 0 Å². The summed E-state index contributed by atoms with van der Waals surface area (Å²) in [6.45, 7) is 2.60. The molecule has 3 N–H and O–H groups in total. The fourth-order valence-electron chi connectivity index (χ4n) is 3.59. The molecule has 0 fully saturated rings. The molecule has 1 amide bonds. The zero-order valence-electron chi connectivity index (χ0n) is 14.3. The van der Waals surface area contributed by atoms with E-state index in [4.69, 9.17) is 0 Å². The number of carbonyl (C=O) groups excluding carboxylic acids is 1. The fourth-order valence-corrected chi connectivity index (χ4v) is 3.59. The van der Waals surface area contributed by atoms with Crippen molar-refractivity contribution in [3.63, 3.8) is 0 Å². The number of aromatic amines is 1. The van der Waals surface area contributed by atoms with E-state index in [2.05, 4.69) is 10.2 Å². The average Bonchev–Trinajstić information content (AvgIpc) is 3.16. The van der Waals surface area contributed by atoms with Crippen molar-refractivity contribution in [2.45, 2.75) is 19.4 Å². The van der Waals surface area contributed by atoms with Crippen LogP contribution in [-0.2, 0) is 0 Å². The lowest BCUT2D eigenvalue weighted by Gasteiger charge is -2.26. The summed E-state index contributed by atoms with van der Waals surface area (Å²) in [5.41, 5.74) is 3.10. The second-order valence-electron chi connectivity index (χ2n) is 6.37. The van der Waals surface area contributed by atoms with Crippen molar-refractivity contribution in [2.24, 2.45) is 0 Å². The van der Waals surface area contributed by atoms with E-state index >= 15 is 0 Å². The molecule has 0 radical (unpaired) electrons.